The zero-order valence-electron chi connectivity index (χ0n) is 23.7. The molecule has 236 valence electrons. The minimum atomic E-state index is -6.62. The summed E-state index contributed by atoms with van der Waals surface area (Å²) in [5.41, 5.74) is 0.129. The Hall–Kier alpha value is -1.98. The Bertz CT molecular complexity index is 1170. The maximum Gasteiger partial charge on any atom is 0.460 e. The lowest BCUT2D eigenvalue weighted by Crippen LogP contribution is -2.59. The second kappa shape index (κ2) is 11.2. The maximum atomic E-state index is 14.2. The van der Waals surface area contributed by atoms with E-state index in [1.54, 1.807) is 6.08 Å². The Morgan fingerprint density at radius 3 is 2.26 bits per heavy atom. The number of Topliss-reactive ketones (excluding diaryl/α,β-unsaturated/α-hetero) is 1. The van der Waals surface area contributed by atoms with Crippen molar-refractivity contribution in [1.82, 2.24) is 0 Å². The third-order valence-corrected chi connectivity index (χ3v) is 10.4. The second-order valence-electron chi connectivity index (χ2n) is 13.0. The van der Waals surface area contributed by atoms with Gasteiger partial charge in [0.15, 0.2) is 0 Å². The molecule has 7 atom stereocenters. The molecule has 0 aliphatic heterocycles. The molecule has 0 aromatic carbocycles. The topological polar surface area (TPSA) is 77.8 Å². The number of hydrogen-bond acceptors (Lipinski definition) is 4. The fraction of sp³-hybridized carbons (Fsp3) is 0.710. The smallest absolute Gasteiger partial charge is 0.393 e. The van der Waals surface area contributed by atoms with Crippen LogP contribution in [0.5, 0.6) is 0 Å². The molecule has 4 rings (SSSR count). The molecule has 4 saturated carbocycles. The van der Waals surface area contributed by atoms with E-state index in [0.29, 0.717) is 12.0 Å². The van der Waals surface area contributed by atoms with E-state index in [0.717, 1.165) is 43.8 Å². The lowest BCUT2D eigenvalue weighted by Gasteiger charge is -2.44. The van der Waals surface area contributed by atoms with Crippen molar-refractivity contribution in [2.75, 3.05) is 0 Å². The highest BCUT2D eigenvalue weighted by molar-refractivity contribution is 5.95. The molecule has 4 aliphatic rings. The number of ketones is 1. The van der Waals surface area contributed by atoms with E-state index in [-0.39, 0.29) is 29.6 Å². The Morgan fingerprint density at radius 1 is 1.02 bits per heavy atom. The largest absolute Gasteiger partial charge is 0.460 e. The number of carbonyl (C=O) groups is 1. The van der Waals surface area contributed by atoms with E-state index in [2.05, 4.69) is 19.6 Å². The number of aliphatic hydroxyl groups excluding tert-OH is 3. The van der Waals surface area contributed by atoms with Gasteiger partial charge in [0.2, 0.25) is 5.78 Å². The van der Waals surface area contributed by atoms with E-state index in [1.165, 1.54) is 5.57 Å². The number of hydrogen-bond donors (Lipinski definition) is 3. The van der Waals surface area contributed by atoms with Crippen molar-refractivity contribution in [1.29, 1.82) is 0 Å². The highest BCUT2D eigenvalue weighted by Crippen LogP contribution is 2.60. The Kier molecular flexibility index (Phi) is 8.77. The molecule has 4 fully saturated rings. The fourth-order valence-electron chi connectivity index (χ4n) is 7.63. The summed E-state index contributed by atoms with van der Waals surface area (Å²) in [5.74, 6) is -15.0. The van der Waals surface area contributed by atoms with Crippen molar-refractivity contribution in [2.24, 2.45) is 28.6 Å². The first-order valence-corrected chi connectivity index (χ1v) is 14.5. The summed E-state index contributed by atoms with van der Waals surface area (Å²) in [5, 5.41) is 30.8. The van der Waals surface area contributed by atoms with Crippen LogP contribution in [-0.2, 0) is 4.79 Å². The normalized spacial score (nSPS) is 35.5. The molecular formula is C31H39F7O4. The molecule has 0 radical (unpaired) electrons. The Balaban J connectivity index is 1.48. The van der Waals surface area contributed by atoms with Crippen LogP contribution in [0.25, 0.3) is 0 Å². The molecule has 0 spiro atoms. The van der Waals surface area contributed by atoms with Crippen LogP contribution in [0.3, 0.4) is 0 Å². The third kappa shape index (κ3) is 5.54. The molecule has 0 aromatic heterocycles. The van der Waals surface area contributed by atoms with Gasteiger partial charge in [-0.05, 0) is 85.7 Å². The molecule has 0 bridgehead atoms. The number of carbonyl (C=O) groups excluding carboxylic acids is 1. The van der Waals surface area contributed by atoms with E-state index in [9.17, 15) is 50.8 Å². The van der Waals surface area contributed by atoms with Gasteiger partial charge in [0, 0.05) is 6.42 Å². The van der Waals surface area contributed by atoms with Crippen LogP contribution in [-0.4, -0.2) is 57.4 Å². The highest BCUT2D eigenvalue weighted by atomic mass is 19.4. The van der Waals surface area contributed by atoms with Crippen molar-refractivity contribution < 1.29 is 50.8 Å². The molecule has 4 nitrogen and oxygen atoms in total. The standard InChI is InChI=1S/C31H39F7O4/c1-17(6-11-25(41)28(13-14-28)26(42)29(32,33)30(34,35)31(36,37)38)22-9-10-23-19(5-4-12-27(22,23)3)7-8-20-15-21(39)16-24(40)18(20)2/h6-8,11,17,21-25,39-41H,2,4-5,9-10,12-16H2,1,3H3/b11-6+,19-7+,20-8-/t17-,21-,22-,23+,24+,25+,27-/m1/s1. The van der Waals surface area contributed by atoms with E-state index in [1.807, 2.05) is 13.0 Å². The van der Waals surface area contributed by atoms with Crippen LogP contribution in [0.15, 0.2) is 47.6 Å². The summed E-state index contributed by atoms with van der Waals surface area (Å²) in [6, 6.07) is 0. The summed E-state index contributed by atoms with van der Waals surface area (Å²) in [6.45, 7) is 8.01. The number of allylic oxidation sites excluding steroid dienone is 4. The molecule has 3 N–H and O–H groups in total. The summed E-state index contributed by atoms with van der Waals surface area (Å²) in [7, 11) is 0. The highest BCUT2D eigenvalue weighted by Gasteiger charge is 2.79. The minimum absolute atomic E-state index is 0.109. The van der Waals surface area contributed by atoms with E-state index < -0.39 is 60.4 Å². The zero-order chi connectivity index (χ0) is 31.5. The maximum absolute atomic E-state index is 14.2. The van der Waals surface area contributed by atoms with Gasteiger partial charge in [-0.15, -0.1) is 0 Å². The van der Waals surface area contributed by atoms with Gasteiger partial charge in [0.25, 0.3) is 0 Å². The Labute approximate surface area is 241 Å². The predicted molar refractivity (Wildman–Crippen MR) is 142 cm³/mol. The first-order chi connectivity index (χ1) is 19.3. The van der Waals surface area contributed by atoms with Crippen molar-refractivity contribution in [3.63, 3.8) is 0 Å². The number of fused-ring (bicyclic) bond motifs is 1. The summed E-state index contributed by atoms with van der Waals surface area (Å²) in [6.07, 6.45) is 0.943. The van der Waals surface area contributed by atoms with E-state index >= 15 is 0 Å². The van der Waals surface area contributed by atoms with Crippen LogP contribution >= 0.6 is 0 Å². The molecule has 0 aromatic rings. The van der Waals surface area contributed by atoms with Gasteiger partial charge < -0.3 is 15.3 Å². The summed E-state index contributed by atoms with van der Waals surface area (Å²) >= 11 is 0. The molecular weight excluding hydrogens is 569 g/mol. The predicted octanol–water partition coefficient (Wildman–Crippen LogP) is 6.86. The average molecular weight is 609 g/mol. The fourth-order valence-corrected chi connectivity index (χ4v) is 7.63. The zero-order valence-corrected chi connectivity index (χ0v) is 23.7. The van der Waals surface area contributed by atoms with Crippen LogP contribution in [0, 0.1) is 28.6 Å². The number of alkyl halides is 7. The molecule has 11 heteroatoms. The first kappa shape index (κ1) is 32.9. The second-order valence-corrected chi connectivity index (χ2v) is 13.0. The van der Waals surface area contributed by atoms with Crippen LogP contribution in [0.2, 0.25) is 0 Å². The van der Waals surface area contributed by atoms with E-state index in [4.69, 9.17) is 0 Å². The molecule has 0 amide bonds. The number of halogens is 7. The van der Waals surface area contributed by atoms with Crippen molar-refractivity contribution in [3.05, 3.63) is 47.6 Å². The van der Waals surface area contributed by atoms with Gasteiger partial charge in [-0.2, -0.15) is 30.7 Å². The summed E-state index contributed by atoms with van der Waals surface area (Å²) in [4.78, 5) is 12.3. The lowest BCUT2D eigenvalue weighted by atomic mass is 9.61. The van der Waals surface area contributed by atoms with Crippen LogP contribution in [0.4, 0.5) is 30.7 Å². The van der Waals surface area contributed by atoms with Gasteiger partial charge >= 0.3 is 18.0 Å². The van der Waals surface area contributed by atoms with Gasteiger partial charge in [0.05, 0.1) is 23.7 Å². The van der Waals surface area contributed by atoms with Gasteiger partial charge in [-0.1, -0.05) is 50.3 Å². The van der Waals surface area contributed by atoms with Crippen molar-refractivity contribution in [3.8, 4) is 0 Å². The molecule has 0 heterocycles. The van der Waals surface area contributed by atoms with Crippen molar-refractivity contribution >= 4 is 5.78 Å². The number of rotatable bonds is 8. The summed E-state index contributed by atoms with van der Waals surface area (Å²) < 4.78 is 93.2. The molecule has 4 aliphatic carbocycles. The Morgan fingerprint density at radius 2 is 1.67 bits per heavy atom. The SMILES string of the molecule is C=C1/C(=C\C=C2/CCC[C@]3(C)[C@@H]([C@H](C)/C=C/[C@H](O)C4(C(=O)C(F)(F)C(F)(F)C(F)(F)F)CC4)CC[C@@H]23)C[C@@H](O)C[C@@H]1O. The van der Waals surface area contributed by atoms with Crippen LogP contribution < -0.4 is 0 Å². The van der Waals surface area contributed by atoms with Gasteiger partial charge in [-0.25, -0.2) is 0 Å². The first-order valence-electron chi connectivity index (χ1n) is 14.5. The third-order valence-electron chi connectivity index (χ3n) is 10.4. The quantitative estimate of drug-likeness (QED) is 0.208. The molecule has 0 unspecified atom stereocenters. The average Bonchev–Trinajstić information content (AvgIpc) is 3.62. The number of aliphatic hydroxyl groups is 3. The van der Waals surface area contributed by atoms with Gasteiger partial charge in [-0.3, -0.25) is 4.79 Å². The molecule has 0 saturated heterocycles. The minimum Gasteiger partial charge on any atom is -0.393 e. The van der Waals surface area contributed by atoms with Crippen LogP contribution in [0.1, 0.15) is 71.6 Å². The van der Waals surface area contributed by atoms with Crippen molar-refractivity contribution in [2.45, 2.75) is 108 Å². The molecule has 42 heavy (non-hydrogen) atoms. The van der Waals surface area contributed by atoms with Gasteiger partial charge in [0.1, 0.15) is 0 Å². The monoisotopic (exact) mass is 608 g/mol. The lowest BCUT2D eigenvalue weighted by molar-refractivity contribution is -0.344.